The second-order valence-electron chi connectivity index (χ2n) is 7.03. The molecule has 0 bridgehead atoms. The molecule has 0 fully saturated rings. The highest BCUT2D eigenvalue weighted by Gasteiger charge is 2.33. The van der Waals surface area contributed by atoms with Gasteiger partial charge >= 0.3 is 12.1 Å². The molecule has 9 nitrogen and oxygen atoms in total. The van der Waals surface area contributed by atoms with Crippen molar-refractivity contribution in [3.63, 3.8) is 0 Å². The van der Waals surface area contributed by atoms with Crippen LogP contribution in [0, 0.1) is 5.41 Å². The van der Waals surface area contributed by atoms with Gasteiger partial charge in [0.1, 0.15) is 13.2 Å². The molecule has 29 heavy (non-hydrogen) atoms. The van der Waals surface area contributed by atoms with E-state index in [0.29, 0.717) is 18.9 Å². The van der Waals surface area contributed by atoms with Crippen molar-refractivity contribution < 1.29 is 44.7 Å². The van der Waals surface area contributed by atoms with E-state index in [1.807, 2.05) is 6.92 Å². The summed E-state index contributed by atoms with van der Waals surface area (Å²) < 4.78 is 79.9. The van der Waals surface area contributed by atoms with Gasteiger partial charge in [0.2, 0.25) is 0 Å². The van der Waals surface area contributed by atoms with Gasteiger partial charge in [-0.15, -0.1) is 0 Å². The molecule has 0 unspecified atom stereocenters. The SMILES string of the molecule is CCC(C)(C)C(=O)OCCNC(=O)OCC(CC(S(C)(=O)=O)S(C)(=O)=O)=C(F)F. The van der Waals surface area contributed by atoms with Crippen LogP contribution in [0.1, 0.15) is 33.6 Å². The van der Waals surface area contributed by atoms with Gasteiger partial charge in [0.05, 0.1) is 12.0 Å². The smallest absolute Gasteiger partial charge is 0.407 e. The number of rotatable bonds is 11. The predicted octanol–water partition coefficient (Wildman–Crippen LogP) is 1.65. The molecule has 0 atom stereocenters. The molecule has 0 radical (unpaired) electrons. The Labute approximate surface area is 169 Å². The molecular weight excluding hydrogens is 436 g/mol. The van der Waals surface area contributed by atoms with Crippen molar-refractivity contribution in [3.05, 3.63) is 11.7 Å². The molecule has 0 aliphatic carbocycles. The number of esters is 1. The molecule has 1 N–H and O–H groups in total. The number of carbonyl (C=O) groups is 2. The van der Waals surface area contributed by atoms with Gasteiger partial charge in [-0.3, -0.25) is 4.79 Å². The van der Waals surface area contributed by atoms with Crippen LogP contribution in [0.5, 0.6) is 0 Å². The molecule has 170 valence electrons. The van der Waals surface area contributed by atoms with E-state index in [1.165, 1.54) is 0 Å². The molecule has 0 aliphatic heterocycles. The van der Waals surface area contributed by atoms with Gasteiger partial charge in [-0.05, 0) is 20.3 Å². The average molecular weight is 464 g/mol. The summed E-state index contributed by atoms with van der Waals surface area (Å²) in [4.78, 5) is 23.3. The third-order valence-corrected chi connectivity index (χ3v) is 8.39. The van der Waals surface area contributed by atoms with Crippen molar-refractivity contribution in [1.29, 1.82) is 0 Å². The Morgan fingerprint density at radius 1 is 1.03 bits per heavy atom. The van der Waals surface area contributed by atoms with Gasteiger partial charge in [0.25, 0.3) is 6.08 Å². The lowest BCUT2D eigenvalue weighted by Gasteiger charge is -2.20. The van der Waals surface area contributed by atoms with E-state index in [0.717, 1.165) is 0 Å². The minimum atomic E-state index is -4.19. The zero-order valence-electron chi connectivity index (χ0n) is 17.0. The Morgan fingerprint density at radius 2 is 1.55 bits per heavy atom. The van der Waals surface area contributed by atoms with Crippen LogP contribution in [0.4, 0.5) is 13.6 Å². The number of sulfone groups is 2. The summed E-state index contributed by atoms with van der Waals surface area (Å²) in [6.45, 7) is 3.88. The zero-order chi connectivity index (χ0) is 23.0. The van der Waals surface area contributed by atoms with Crippen LogP contribution in [0.25, 0.3) is 0 Å². The van der Waals surface area contributed by atoms with Crippen molar-refractivity contribution >= 4 is 31.7 Å². The van der Waals surface area contributed by atoms with Crippen molar-refractivity contribution in [2.24, 2.45) is 5.41 Å². The van der Waals surface area contributed by atoms with Gasteiger partial charge in [0.15, 0.2) is 24.3 Å². The number of nitrogens with one attached hydrogen (secondary N) is 1. The van der Waals surface area contributed by atoms with Crippen LogP contribution in [0.2, 0.25) is 0 Å². The summed E-state index contributed by atoms with van der Waals surface area (Å²) in [5.41, 5.74) is -1.62. The molecule has 1 amide bonds. The first-order valence-electron chi connectivity index (χ1n) is 8.51. The Hall–Kier alpha value is -1.76. The van der Waals surface area contributed by atoms with Crippen LogP contribution in [-0.4, -0.2) is 65.8 Å². The van der Waals surface area contributed by atoms with E-state index in [4.69, 9.17) is 4.74 Å². The molecule has 0 aromatic rings. The van der Waals surface area contributed by atoms with Crippen molar-refractivity contribution in [2.45, 2.75) is 38.2 Å². The molecular formula is C16H27F2NO8S2. The van der Waals surface area contributed by atoms with Gasteiger partial charge < -0.3 is 14.8 Å². The molecule has 0 aliphatic rings. The first-order valence-corrected chi connectivity index (χ1v) is 12.4. The zero-order valence-corrected chi connectivity index (χ0v) is 18.6. The molecule has 0 heterocycles. The Kier molecular flexibility index (Phi) is 10.2. The average Bonchev–Trinajstić information content (AvgIpc) is 2.55. The highest BCUT2D eigenvalue weighted by molar-refractivity contribution is 8.08. The third-order valence-electron chi connectivity index (χ3n) is 4.05. The minimum Gasteiger partial charge on any atom is -0.463 e. The van der Waals surface area contributed by atoms with Gasteiger partial charge in [-0.1, -0.05) is 6.92 Å². The maximum absolute atomic E-state index is 13.0. The van der Waals surface area contributed by atoms with Crippen LogP contribution in [-0.2, 0) is 33.9 Å². The second kappa shape index (κ2) is 10.9. The van der Waals surface area contributed by atoms with E-state index in [9.17, 15) is 35.2 Å². The van der Waals surface area contributed by atoms with Crippen molar-refractivity contribution in [3.8, 4) is 0 Å². The summed E-state index contributed by atoms with van der Waals surface area (Å²) >= 11 is 0. The van der Waals surface area contributed by atoms with Crippen LogP contribution >= 0.6 is 0 Å². The Bertz CT molecular complexity index is 799. The highest BCUT2D eigenvalue weighted by atomic mass is 32.3. The van der Waals surface area contributed by atoms with Gasteiger partial charge in [0, 0.05) is 24.5 Å². The first-order chi connectivity index (χ1) is 13.0. The highest BCUT2D eigenvalue weighted by Crippen LogP contribution is 2.22. The van der Waals surface area contributed by atoms with Crippen LogP contribution in [0.3, 0.4) is 0 Å². The number of hydrogen-bond acceptors (Lipinski definition) is 8. The monoisotopic (exact) mass is 463 g/mol. The first kappa shape index (κ1) is 27.2. The summed E-state index contributed by atoms with van der Waals surface area (Å²) in [6, 6.07) is 0. The predicted molar refractivity (Wildman–Crippen MR) is 102 cm³/mol. The Morgan fingerprint density at radius 3 is 1.97 bits per heavy atom. The van der Waals surface area contributed by atoms with Gasteiger partial charge in [-0.2, -0.15) is 8.78 Å². The van der Waals surface area contributed by atoms with E-state index in [1.54, 1.807) is 13.8 Å². The molecule has 0 saturated heterocycles. The second-order valence-corrected chi connectivity index (χ2v) is 11.8. The summed E-state index contributed by atoms with van der Waals surface area (Å²) in [5, 5.41) is 2.17. The van der Waals surface area contributed by atoms with E-state index in [2.05, 4.69) is 10.1 Å². The third kappa shape index (κ3) is 10.0. The maximum atomic E-state index is 13.0. The fourth-order valence-corrected chi connectivity index (χ4v) is 5.40. The molecule has 13 heteroatoms. The van der Waals surface area contributed by atoms with Crippen molar-refractivity contribution in [2.75, 3.05) is 32.3 Å². The lowest BCUT2D eigenvalue weighted by Crippen LogP contribution is -2.33. The summed E-state index contributed by atoms with van der Waals surface area (Å²) in [5.74, 6) is -0.465. The number of ether oxygens (including phenoxy) is 2. The van der Waals surface area contributed by atoms with Gasteiger partial charge in [-0.25, -0.2) is 21.6 Å². The van der Waals surface area contributed by atoms with Crippen molar-refractivity contribution in [1.82, 2.24) is 5.32 Å². The summed E-state index contributed by atoms with van der Waals surface area (Å²) in [6.07, 6.45) is -2.72. The molecule has 0 aromatic heterocycles. The van der Waals surface area contributed by atoms with E-state index >= 15 is 0 Å². The normalized spacial score (nSPS) is 12.4. The van der Waals surface area contributed by atoms with Crippen LogP contribution < -0.4 is 5.32 Å². The van der Waals surface area contributed by atoms with Crippen LogP contribution in [0.15, 0.2) is 11.7 Å². The lowest BCUT2D eigenvalue weighted by molar-refractivity contribution is -0.153. The number of carbonyl (C=O) groups excluding carboxylic acids is 2. The molecule has 0 saturated carbocycles. The topological polar surface area (TPSA) is 133 Å². The lowest BCUT2D eigenvalue weighted by atomic mass is 9.91. The number of hydrogen-bond donors (Lipinski definition) is 1. The van der Waals surface area contributed by atoms with E-state index < -0.39 is 66.4 Å². The maximum Gasteiger partial charge on any atom is 0.407 e. The standard InChI is InChI=1S/C16H27F2NO8S2/c1-6-16(2,3)14(20)26-8-7-19-15(21)27-10-11(13(17)18)9-12(28(4,22)23)29(5,24)25/h12H,6-10H2,1-5H3,(H,19,21). The van der Waals surface area contributed by atoms with E-state index in [-0.39, 0.29) is 13.2 Å². The fraction of sp³-hybridized carbons (Fsp3) is 0.750. The Balaban J connectivity index is 4.71. The number of halogens is 2. The minimum absolute atomic E-state index is 0.142. The molecule has 0 rings (SSSR count). The molecule has 0 spiro atoms. The number of alkyl carbamates (subject to hydrolysis) is 1. The largest absolute Gasteiger partial charge is 0.463 e. The molecule has 0 aromatic carbocycles. The fourth-order valence-electron chi connectivity index (χ4n) is 1.85. The summed E-state index contributed by atoms with van der Waals surface area (Å²) in [7, 11) is -8.38. The quantitative estimate of drug-likeness (QED) is 0.361. The number of amides is 1.